The second-order valence-corrected chi connectivity index (χ2v) is 9.10. The first-order valence-electron chi connectivity index (χ1n) is 11.3. The van der Waals surface area contributed by atoms with Crippen LogP contribution in [0, 0.1) is 5.92 Å². The Morgan fingerprint density at radius 3 is 2.50 bits per heavy atom. The van der Waals surface area contributed by atoms with Crippen molar-refractivity contribution >= 4 is 5.91 Å². The number of carbonyl (C=O) groups is 1. The van der Waals surface area contributed by atoms with E-state index in [1.54, 1.807) is 0 Å². The number of likely N-dealkylation sites (tertiary alicyclic amines) is 1. The van der Waals surface area contributed by atoms with Gasteiger partial charge in [-0.3, -0.25) is 9.48 Å². The minimum atomic E-state index is 0.110. The number of rotatable bonds is 4. The molecule has 1 aliphatic carbocycles. The number of hydrogen-bond donors (Lipinski definition) is 0. The molecule has 1 aromatic heterocycles. The molecule has 0 saturated carbocycles. The second kappa shape index (κ2) is 8.95. The van der Waals surface area contributed by atoms with Gasteiger partial charge in [0.05, 0.1) is 13.2 Å². The number of aromatic nitrogens is 2. The maximum Gasteiger partial charge on any atom is 0.274 e. The number of amides is 1. The Bertz CT molecular complexity index is 670. The summed E-state index contributed by atoms with van der Waals surface area (Å²) in [6.45, 7) is 10.4. The van der Waals surface area contributed by atoms with Gasteiger partial charge in [-0.05, 0) is 51.1 Å². The third-order valence-electron chi connectivity index (χ3n) is 6.52. The van der Waals surface area contributed by atoms with Crippen LogP contribution in [0.15, 0.2) is 0 Å². The number of morpholine rings is 1. The highest BCUT2D eigenvalue weighted by atomic mass is 16.5. The standard InChI is InChI=1S/C22H36N4O2/c1-17(2)16-26-20-8-7-18(24-9-5-3-4-6-10-24)15-19(20)21(23-26)22(27)25-11-13-28-14-12-25/h17-18H,3-16H2,1-2H3. The van der Waals surface area contributed by atoms with Crippen LogP contribution in [0.25, 0.3) is 0 Å². The maximum atomic E-state index is 13.3. The van der Waals surface area contributed by atoms with Crippen molar-refractivity contribution in [3.8, 4) is 0 Å². The third kappa shape index (κ3) is 4.28. The molecular weight excluding hydrogens is 352 g/mol. The van der Waals surface area contributed by atoms with Crippen LogP contribution in [0.1, 0.15) is 67.7 Å². The third-order valence-corrected chi connectivity index (χ3v) is 6.52. The van der Waals surface area contributed by atoms with E-state index >= 15 is 0 Å². The van der Waals surface area contributed by atoms with E-state index in [0.29, 0.717) is 38.3 Å². The summed E-state index contributed by atoms with van der Waals surface area (Å²) in [5, 5.41) is 4.87. The minimum absolute atomic E-state index is 0.110. The van der Waals surface area contributed by atoms with Crippen LogP contribution < -0.4 is 0 Å². The molecule has 1 atom stereocenters. The molecule has 0 radical (unpaired) electrons. The topological polar surface area (TPSA) is 50.6 Å². The summed E-state index contributed by atoms with van der Waals surface area (Å²) in [5.41, 5.74) is 3.27. The predicted octanol–water partition coefficient (Wildman–Crippen LogP) is 2.74. The van der Waals surface area contributed by atoms with Gasteiger partial charge in [-0.2, -0.15) is 5.10 Å². The molecule has 1 amide bonds. The lowest BCUT2D eigenvalue weighted by molar-refractivity contribution is 0.0297. The number of nitrogens with zero attached hydrogens (tertiary/aromatic N) is 4. The highest BCUT2D eigenvalue weighted by Gasteiger charge is 2.33. The molecule has 0 spiro atoms. The Morgan fingerprint density at radius 1 is 1.11 bits per heavy atom. The zero-order valence-electron chi connectivity index (χ0n) is 17.7. The van der Waals surface area contributed by atoms with Crippen molar-refractivity contribution in [1.29, 1.82) is 0 Å². The molecular formula is C22H36N4O2. The Labute approximate surface area is 169 Å². The van der Waals surface area contributed by atoms with Crippen molar-refractivity contribution < 1.29 is 9.53 Å². The van der Waals surface area contributed by atoms with Crippen LogP contribution in [0.2, 0.25) is 0 Å². The van der Waals surface area contributed by atoms with Crippen molar-refractivity contribution in [2.45, 2.75) is 71.4 Å². The van der Waals surface area contributed by atoms with Gasteiger partial charge in [0.25, 0.3) is 5.91 Å². The molecule has 2 aliphatic heterocycles. The zero-order chi connectivity index (χ0) is 19.5. The SMILES string of the molecule is CC(C)Cn1nc(C(=O)N2CCOCC2)c2c1CCC(N1CCCCCC1)C2. The van der Waals surface area contributed by atoms with Crippen LogP contribution in [-0.2, 0) is 24.1 Å². The molecule has 3 heterocycles. The second-order valence-electron chi connectivity index (χ2n) is 9.10. The first-order chi connectivity index (χ1) is 13.6. The normalized spacial score (nSPS) is 24.2. The molecule has 2 fully saturated rings. The van der Waals surface area contributed by atoms with Gasteiger partial charge in [0.15, 0.2) is 5.69 Å². The van der Waals surface area contributed by atoms with Crippen molar-refractivity contribution in [2.75, 3.05) is 39.4 Å². The summed E-state index contributed by atoms with van der Waals surface area (Å²) in [6, 6.07) is 0.568. The molecule has 4 rings (SSSR count). The smallest absolute Gasteiger partial charge is 0.274 e. The van der Waals surface area contributed by atoms with E-state index in [4.69, 9.17) is 9.84 Å². The Morgan fingerprint density at radius 2 is 1.82 bits per heavy atom. The van der Waals surface area contributed by atoms with E-state index in [9.17, 15) is 4.79 Å². The van der Waals surface area contributed by atoms with Crippen molar-refractivity contribution in [2.24, 2.45) is 5.92 Å². The molecule has 28 heavy (non-hydrogen) atoms. The number of ether oxygens (including phenoxy) is 1. The van der Waals surface area contributed by atoms with Crippen molar-refractivity contribution in [3.05, 3.63) is 17.0 Å². The average molecular weight is 389 g/mol. The van der Waals surface area contributed by atoms with E-state index in [1.165, 1.54) is 56.5 Å². The molecule has 1 unspecified atom stereocenters. The van der Waals surface area contributed by atoms with E-state index in [-0.39, 0.29) is 5.91 Å². The molecule has 1 aromatic rings. The predicted molar refractivity (Wildman–Crippen MR) is 110 cm³/mol. The molecule has 2 saturated heterocycles. The van der Waals surface area contributed by atoms with Gasteiger partial charge in [0.2, 0.25) is 0 Å². The summed E-state index contributed by atoms with van der Waals surface area (Å²) >= 11 is 0. The quantitative estimate of drug-likeness (QED) is 0.796. The fourth-order valence-electron chi connectivity index (χ4n) is 5.03. The molecule has 0 N–H and O–H groups in total. The van der Waals surface area contributed by atoms with E-state index in [2.05, 4.69) is 23.4 Å². The Hall–Kier alpha value is -1.40. The highest BCUT2D eigenvalue weighted by molar-refractivity contribution is 5.94. The van der Waals surface area contributed by atoms with Crippen LogP contribution >= 0.6 is 0 Å². The fourth-order valence-corrected chi connectivity index (χ4v) is 5.03. The van der Waals surface area contributed by atoms with E-state index in [0.717, 1.165) is 25.1 Å². The number of carbonyl (C=O) groups excluding carboxylic acids is 1. The molecule has 3 aliphatic rings. The lowest BCUT2D eigenvalue weighted by atomic mass is 9.89. The largest absolute Gasteiger partial charge is 0.378 e. The van der Waals surface area contributed by atoms with Gasteiger partial charge in [0.1, 0.15) is 0 Å². The maximum absolute atomic E-state index is 13.3. The lowest BCUT2D eigenvalue weighted by Crippen LogP contribution is -2.42. The van der Waals surface area contributed by atoms with Gasteiger partial charge >= 0.3 is 0 Å². The van der Waals surface area contributed by atoms with Gasteiger partial charge in [-0.15, -0.1) is 0 Å². The number of fused-ring (bicyclic) bond motifs is 1. The summed E-state index contributed by atoms with van der Waals surface area (Å²) < 4.78 is 7.58. The first-order valence-corrected chi connectivity index (χ1v) is 11.3. The molecule has 0 bridgehead atoms. The van der Waals surface area contributed by atoms with Crippen molar-refractivity contribution in [3.63, 3.8) is 0 Å². The Balaban J connectivity index is 1.59. The molecule has 156 valence electrons. The first kappa shape index (κ1) is 19.9. The molecule has 6 nitrogen and oxygen atoms in total. The van der Waals surface area contributed by atoms with Crippen LogP contribution in [-0.4, -0.2) is 70.9 Å². The Kier molecular flexibility index (Phi) is 6.36. The summed E-state index contributed by atoms with van der Waals surface area (Å²) in [6.07, 6.45) is 8.58. The van der Waals surface area contributed by atoms with E-state index in [1.807, 2.05) is 4.90 Å². The fraction of sp³-hybridized carbons (Fsp3) is 0.818. The summed E-state index contributed by atoms with van der Waals surface area (Å²) in [7, 11) is 0. The molecule has 6 heteroatoms. The zero-order valence-corrected chi connectivity index (χ0v) is 17.7. The van der Waals surface area contributed by atoms with Gasteiger partial charge < -0.3 is 14.5 Å². The highest BCUT2D eigenvalue weighted by Crippen LogP contribution is 2.30. The average Bonchev–Trinajstić information content (AvgIpc) is 2.88. The van der Waals surface area contributed by atoms with Crippen LogP contribution in [0.4, 0.5) is 0 Å². The number of hydrogen-bond acceptors (Lipinski definition) is 4. The minimum Gasteiger partial charge on any atom is -0.378 e. The van der Waals surface area contributed by atoms with Gasteiger partial charge in [-0.25, -0.2) is 0 Å². The lowest BCUT2D eigenvalue weighted by Gasteiger charge is -2.34. The summed E-state index contributed by atoms with van der Waals surface area (Å²) in [5.74, 6) is 0.636. The monoisotopic (exact) mass is 388 g/mol. The van der Waals surface area contributed by atoms with Crippen LogP contribution in [0.3, 0.4) is 0 Å². The van der Waals surface area contributed by atoms with E-state index < -0.39 is 0 Å². The van der Waals surface area contributed by atoms with Crippen molar-refractivity contribution in [1.82, 2.24) is 19.6 Å². The van der Waals surface area contributed by atoms with Crippen LogP contribution in [0.5, 0.6) is 0 Å². The van der Waals surface area contributed by atoms with Gasteiger partial charge in [-0.1, -0.05) is 26.7 Å². The molecule has 0 aromatic carbocycles. The summed E-state index contributed by atoms with van der Waals surface area (Å²) in [4.78, 5) is 17.9. The van der Waals surface area contributed by atoms with Gasteiger partial charge in [0, 0.05) is 36.9 Å².